The number of hydrogen-bond acceptors (Lipinski definition) is 3. The van der Waals surface area contributed by atoms with Gasteiger partial charge in [0.25, 0.3) is 0 Å². The lowest BCUT2D eigenvalue weighted by Crippen LogP contribution is -2.36. The summed E-state index contributed by atoms with van der Waals surface area (Å²) in [6.45, 7) is 3.35. The molecule has 1 unspecified atom stereocenters. The number of rotatable bonds is 4. The molecule has 1 aliphatic heterocycles. The van der Waals surface area contributed by atoms with E-state index in [1.165, 1.54) is 12.5 Å². The first-order valence-electron chi connectivity index (χ1n) is 5.63. The maximum Gasteiger partial charge on any atom is 0.364 e. The Morgan fingerprint density at radius 1 is 1.35 bits per heavy atom. The van der Waals surface area contributed by atoms with Gasteiger partial charge < -0.3 is 14.3 Å². The van der Waals surface area contributed by atoms with Crippen molar-refractivity contribution >= 4 is 14.2 Å². The minimum Gasteiger partial charge on any atom is -0.434 e. The highest BCUT2D eigenvalue weighted by Crippen LogP contribution is 2.15. The van der Waals surface area contributed by atoms with Crippen LogP contribution in [-0.2, 0) is 13.9 Å². The van der Waals surface area contributed by atoms with Crippen molar-refractivity contribution in [2.45, 2.75) is 26.2 Å². The third-order valence-corrected chi connectivity index (χ3v) is 2.91. The molecular formula is C11H18NO4P. The summed E-state index contributed by atoms with van der Waals surface area (Å²) in [5, 5.41) is 0. The molecule has 1 saturated heterocycles. The number of allylic oxidation sites excluding steroid dienone is 2. The molecule has 0 aromatic carbocycles. The number of carbonyl (C=O) groups excluding carboxylic acids is 1. The summed E-state index contributed by atoms with van der Waals surface area (Å²) in [4.78, 5) is 22.1. The Balaban J connectivity index is 2.47. The highest BCUT2D eigenvalue weighted by atomic mass is 31.1. The fourth-order valence-electron chi connectivity index (χ4n) is 1.70. The van der Waals surface area contributed by atoms with Crippen molar-refractivity contribution in [2.24, 2.45) is 0 Å². The molecule has 0 aromatic rings. The summed E-state index contributed by atoms with van der Waals surface area (Å²) in [6.07, 6.45) is 7.46. The minimum atomic E-state index is -2.93. The lowest BCUT2D eigenvalue weighted by atomic mass is 10.1. The van der Waals surface area contributed by atoms with Crippen LogP contribution in [0.1, 0.15) is 26.2 Å². The lowest BCUT2D eigenvalue weighted by molar-refractivity contribution is -0.127. The second-order valence-electron chi connectivity index (χ2n) is 3.91. The molecule has 6 heteroatoms. The Labute approximate surface area is 102 Å². The Morgan fingerprint density at radius 2 is 2.00 bits per heavy atom. The van der Waals surface area contributed by atoms with E-state index in [1.54, 1.807) is 13.0 Å². The molecule has 1 amide bonds. The van der Waals surface area contributed by atoms with Crippen LogP contribution < -0.4 is 0 Å². The SMILES string of the molecule is C/C(=C/C=C/O[PH](=O)O)C(=O)N1CCCCC1. The first-order chi connectivity index (χ1) is 8.11. The van der Waals surface area contributed by atoms with E-state index in [0.29, 0.717) is 5.57 Å². The summed E-state index contributed by atoms with van der Waals surface area (Å²) >= 11 is 0. The lowest BCUT2D eigenvalue weighted by Gasteiger charge is -2.26. The third kappa shape index (κ3) is 5.20. The number of hydrogen-bond donors (Lipinski definition) is 1. The summed E-state index contributed by atoms with van der Waals surface area (Å²) in [7, 11) is -2.93. The van der Waals surface area contributed by atoms with Gasteiger partial charge in [-0.25, -0.2) is 4.57 Å². The van der Waals surface area contributed by atoms with Gasteiger partial charge in [-0.3, -0.25) is 4.79 Å². The predicted molar refractivity (Wildman–Crippen MR) is 65.6 cm³/mol. The van der Waals surface area contributed by atoms with E-state index in [0.717, 1.165) is 32.2 Å². The molecule has 1 N–H and O–H groups in total. The van der Waals surface area contributed by atoms with Gasteiger partial charge >= 0.3 is 8.25 Å². The van der Waals surface area contributed by atoms with Crippen molar-refractivity contribution in [1.82, 2.24) is 4.90 Å². The Morgan fingerprint density at radius 3 is 2.59 bits per heavy atom. The molecule has 1 rings (SSSR count). The second kappa shape index (κ2) is 7.30. The fourth-order valence-corrected chi connectivity index (χ4v) is 1.89. The summed E-state index contributed by atoms with van der Waals surface area (Å²) in [5.74, 6) is 0.0194. The summed E-state index contributed by atoms with van der Waals surface area (Å²) in [5.41, 5.74) is 0.601. The highest BCUT2D eigenvalue weighted by Gasteiger charge is 2.16. The Bertz CT molecular complexity index is 345. The van der Waals surface area contributed by atoms with Crippen LogP contribution in [0.2, 0.25) is 0 Å². The van der Waals surface area contributed by atoms with E-state index in [9.17, 15) is 9.36 Å². The number of nitrogens with zero attached hydrogens (tertiary/aromatic N) is 1. The second-order valence-corrected chi connectivity index (χ2v) is 4.68. The molecular weight excluding hydrogens is 241 g/mol. The van der Waals surface area contributed by atoms with Gasteiger partial charge in [-0.05, 0) is 32.3 Å². The van der Waals surface area contributed by atoms with Crippen LogP contribution in [0.15, 0.2) is 24.0 Å². The van der Waals surface area contributed by atoms with Crippen LogP contribution in [0.5, 0.6) is 0 Å². The molecule has 0 saturated carbocycles. The van der Waals surface area contributed by atoms with Crippen molar-refractivity contribution < 1.29 is 18.8 Å². The van der Waals surface area contributed by atoms with E-state index in [1.807, 2.05) is 4.90 Å². The highest BCUT2D eigenvalue weighted by molar-refractivity contribution is 7.32. The van der Waals surface area contributed by atoms with Gasteiger partial charge in [-0.1, -0.05) is 6.08 Å². The molecule has 1 atom stereocenters. The molecule has 0 aliphatic carbocycles. The van der Waals surface area contributed by atoms with Gasteiger partial charge in [0.05, 0.1) is 6.26 Å². The first kappa shape index (κ1) is 14.0. The first-order valence-corrected chi connectivity index (χ1v) is 6.90. The summed E-state index contributed by atoms with van der Waals surface area (Å²) < 4.78 is 14.6. The van der Waals surface area contributed by atoms with Crippen LogP contribution in [0, 0.1) is 0 Å². The monoisotopic (exact) mass is 259 g/mol. The molecule has 5 nitrogen and oxygen atoms in total. The average molecular weight is 259 g/mol. The number of carbonyl (C=O) groups is 1. The van der Waals surface area contributed by atoms with Gasteiger partial charge in [0.1, 0.15) is 0 Å². The molecule has 0 aromatic heterocycles. The molecule has 1 aliphatic rings. The average Bonchev–Trinajstić information content (AvgIpc) is 2.34. The molecule has 1 fully saturated rings. The van der Waals surface area contributed by atoms with Crippen molar-refractivity contribution in [1.29, 1.82) is 0 Å². The van der Waals surface area contributed by atoms with Crippen molar-refractivity contribution in [3.63, 3.8) is 0 Å². The van der Waals surface area contributed by atoms with E-state index in [-0.39, 0.29) is 5.91 Å². The van der Waals surface area contributed by atoms with Crippen LogP contribution in [0.4, 0.5) is 0 Å². The summed E-state index contributed by atoms with van der Waals surface area (Å²) in [6, 6.07) is 0. The number of likely N-dealkylation sites (tertiary alicyclic amines) is 1. The van der Waals surface area contributed by atoms with Gasteiger partial charge in [-0.15, -0.1) is 0 Å². The maximum atomic E-state index is 11.9. The number of piperidine rings is 1. The van der Waals surface area contributed by atoms with Crippen LogP contribution in [0.3, 0.4) is 0 Å². The Hall–Kier alpha value is -1.06. The smallest absolute Gasteiger partial charge is 0.364 e. The zero-order valence-electron chi connectivity index (χ0n) is 9.89. The third-order valence-electron chi connectivity index (χ3n) is 2.57. The zero-order chi connectivity index (χ0) is 12.7. The minimum absolute atomic E-state index is 0.0194. The van der Waals surface area contributed by atoms with Crippen molar-refractivity contribution in [2.75, 3.05) is 13.1 Å². The maximum absolute atomic E-state index is 11.9. The van der Waals surface area contributed by atoms with Crippen LogP contribution in [-0.4, -0.2) is 28.8 Å². The topological polar surface area (TPSA) is 66.8 Å². The van der Waals surface area contributed by atoms with Gasteiger partial charge in [-0.2, -0.15) is 0 Å². The largest absolute Gasteiger partial charge is 0.434 e. The molecule has 96 valence electrons. The molecule has 0 radical (unpaired) electrons. The standard InChI is InChI=1S/C11H18NO4P/c1-10(6-5-9-16-17(14)15)11(13)12-7-3-2-4-8-12/h5-6,9,17H,2-4,7-8H2,1H3,(H,14,15)/b9-5+,10-6-. The van der Waals surface area contributed by atoms with Crippen LogP contribution in [0.25, 0.3) is 0 Å². The number of amides is 1. The van der Waals surface area contributed by atoms with Gasteiger partial charge in [0.15, 0.2) is 0 Å². The van der Waals surface area contributed by atoms with E-state index < -0.39 is 8.25 Å². The fraction of sp³-hybridized carbons (Fsp3) is 0.545. The van der Waals surface area contributed by atoms with Crippen molar-refractivity contribution in [3.8, 4) is 0 Å². The quantitative estimate of drug-likeness (QED) is 0.362. The molecule has 0 spiro atoms. The zero-order valence-corrected chi connectivity index (χ0v) is 10.9. The van der Waals surface area contributed by atoms with E-state index in [4.69, 9.17) is 4.89 Å². The van der Waals surface area contributed by atoms with Gasteiger partial charge in [0.2, 0.25) is 5.91 Å². The van der Waals surface area contributed by atoms with Gasteiger partial charge in [0, 0.05) is 18.7 Å². The van der Waals surface area contributed by atoms with E-state index in [2.05, 4.69) is 4.52 Å². The predicted octanol–water partition coefficient (Wildman–Crippen LogP) is 1.86. The molecule has 17 heavy (non-hydrogen) atoms. The van der Waals surface area contributed by atoms with E-state index >= 15 is 0 Å². The molecule has 0 bridgehead atoms. The normalized spacial score (nSPS) is 19.4. The van der Waals surface area contributed by atoms with Crippen LogP contribution >= 0.6 is 8.25 Å². The Kier molecular flexibility index (Phi) is 6.01. The van der Waals surface area contributed by atoms with Crippen molar-refractivity contribution in [3.05, 3.63) is 24.0 Å². The molecule has 1 heterocycles.